The summed E-state index contributed by atoms with van der Waals surface area (Å²) >= 11 is 0. The molecule has 3 aromatic rings. The van der Waals surface area contributed by atoms with Gasteiger partial charge < -0.3 is 15.0 Å². The van der Waals surface area contributed by atoms with E-state index in [9.17, 15) is 9.59 Å². The highest BCUT2D eigenvalue weighted by molar-refractivity contribution is 5.85. The summed E-state index contributed by atoms with van der Waals surface area (Å²) in [4.78, 5) is 27.1. The third kappa shape index (κ3) is 5.92. The summed E-state index contributed by atoms with van der Waals surface area (Å²) < 4.78 is 2.02. The average Bonchev–Trinajstić information content (AvgIpc) is 3.03. The van der Waals surface area contributed by atoms with E-state index < -0.39 is 5.97 Å². The minimum Gasteiger partial charge on any atom is -0.481 e. The molecule has 0 fully saturated rings. The van der Waals surface area contributed by atoms with Gasteiger partial charge in [-0.25, -0.2) is 0 Å². The second kappa shape index (κ2) is 10.1. The highest BCUT2D eigenvalue weighted by Gasteiger charge is 2.12. The summed E-state index contributed by atoms with van der Waals surface area (Å²) in [7, 11) is 0. The number of carbonyl (C=O) groups is 2. The van der Waals surface area contributed by atoms with E-state index in [1.165, 1.54) is 0 Å². The van der Waals surface area contributed by atoms with Gasteiger partial charge in [0.05, 0.1) is 6.42 Å². The normalized spacial score (nSPS) is 11.2. The topological polar surface area (TPSA) is 84.2 Å². The second-order valence-corrected chi connectivity index (χ2v) is 8.08. The van der Waals surface area contributed by atoms with Gasteiger partial charge >= 0.3 is 5.97 Å². The minimum atomic E-state index is -0.806. The molecule has 0 spiro atoms. The molecule has 30 heavy (non-hydrogen) atoms. The lowest BCUT2D eigenvalue weighted by atomic mass is 10.0. The van der Waals surface area contributed by atoms with Crippen molar-refractivity contribution in [3.63, 3.8) is 0 Å². The number of carboxylic acids is 1. The van der Waals surface area contributed by atoms with Crippen LogP contribution in [-0.4, -0.2) is 33.1 Å². The Morgan fingerprint density at radius 3 is 2.73 bits per heavy atom. The highest BCUT2D eigenvalue weighted by Crippen LogP contribution is 2.26. The van der Waals surface area contributed by atoms with Crippen LogP contribution in [0.4, 0.5) is 0 Å². The van der Waals surface area contributed by atoms with Gasteiger partial charge in [0.15, 0.2) is 0 Å². The molecule has 2 aromatic heterocycles. The summed E-state index contributed by atoms with van der Waals surface area (Å²) in [6, 6.07) is 10.2. The minimum absolute atomic E-state index is 0.0831. The molecule has 1 aromatic carbocycles. The standard InChI is InChI=1S/C24H29N3O3/c1-17(2)12-23(28)26-10-7-18-5-6-22-21(14-18)20(13-19-4-3-9-25-15-19)16-27(22)11-8-24(29)30/h3-6,9,14-17H,7-8,10-13H2,1-2H3,(H,26,28)(H,29,30). The summed E-state index contributed by atoms with van der Waals surface area (Å²) in [5, 5.41) is 13.2. The van der Waals surface area contributed by atoms with Crippen molar-refractivity contribution in [1.82, 2.24) is 14.9 Å². The molecule has 0 bridgehead atoms. The molecule has 2 N–H and O–H groups in total. The van der Waals surface area contributed by atoms with Gasteiger partial charge in [-0.3, -0.25) is 14.6 Å². The Morgan fingerprint density at radius 1 is 1.20 bits per heavy atom. The van der Waals surface area contributed by atoms with E-state index in [-0.39, 0.29) is 12.3 Å². The third-order valence-electron chi connectivity index (χ3n) is 5.04. The molecule has 3 rings (SSSR count). The SMILES string of the molecule is CC(C)CC(=O)NCCc1ccc2c(c1)c(Cc1cccnc1)cn2CCC(=O)O. The Bertz CT molecular complexity index is 1010. The van der Waals surface area contributed by atoms with Crippen molar-refractivity contribution in [3.8, 4) is 0 Å². The molecule has 0 radical (unpaired) electrons. The highest BCUT2D eigenvalue weighted by atomic mass is 16.4. The number of pyridine rings is 1. The number of carboxylic acid groups (broad SMARTS) is 1. The van der Waals surface area contributed by atoms with Crippen LogP contribution in [0.1, 0.15) is 43.4 Å². The van der Waals surface area contributed by atoms with Crippen molar-refractivity contribution < 1.29 is 14.7 Å². The number of aryl methyl sites for hydroxylation is 1. The Labute approximate surface area is 176 Å². The van der Waals surface area contributed by atoms with Gasteiger partial charge in [-0.1, -0.05) is 26.0 Å². The molecule has 6 nitrogen and oxygen atoms in total. The van der Waals surface area contributed by atoms with Gasteiger partial charge in [-0.05, 0) is 47.2 Å². The number of rotatable bonds is 10. The fourth-order valence-electron chi connectivity index (χ4n) is 3.63. The number of benzene rings is 1. The predicted octanol–water partition coefficient (Wildman–Crippen LogP) is 3.81. The van der Waals surface area contributed by atoms with Crippen LogP contribution in [0.5, 0.6) is 0 Å². The quantitative estimate of drug-likeness (QED) is 0.535. The first-order valence-electron chi connectivity index (χ1n) is 10.4. The molecule has 0 unspecified atom stereocenters. The van der Waals surface area contributed by atoms with E-state index in [0.29, 0.717) is 25.4 Å². The third-order valence-corrected chi connectivity index (χ3v) is 5.04. The molecule has 0 saturated heterocycles. The number of hydrogen-bond acceptors (Lipinski definition) is 3. The number of carbonyl (C=O) groups excluding carboxylic acids is 1. The Morgan fingerprint density at radius 2 is 2.03 bits per heavy atom. The molecule has 0 aliphatic carbocycles. The number of nitrogens with zero attached hydrogens (tertiary/aromatic N) is 2. The van der Waals surface area contributed by atoms with Crippen LogP contribution in [0.15, 0.2) is 48.9 Å². The van der Waals surface area contributed by atoms with Crippen LogP contribution in [0, 0.1) is 5.92 Å². The fraction of sp³-hybridized carbons (Fsp3) is 0.375. The van der Waals surface area contributed by atoms with E-state index >= 15 is 0 Å². The van der Waals surface area contributed by atoms with E-state index in [1.54, 1.807) is 6.20 Å². The molecule has 0 aliphatic rings. The van der Waals surface area contributed by atoms with Crippen molar-refractivity contribution in [2.45, 2.75) is 46.1 Å². The molecular formula is C24H29N3O3. The monoisotopic (exact) mass is 407 g/mol. The first-order chi connectivity index (χ1) is 14.4. The van der Waals surface area contributed by atoms with Gasteiger partial charge in [-0.2, -0.15) is 0 Å². The largest absolute Gasteiger partial charge is 0.481 e. The molecular weight excluding hydrogens is 378 g/mol. The van der Waals surface area contributed by atoms with E-state index in [2.05, 4.69) is 34.7 Å². The zero-order valence-corrected chi connectivity index (χ0v) is 17.6. The van der Waals surface area contributed by atoms with Crippen molar-refractivity contribution >= 4 is 22.8 Å². The van der Waals surface area contributed by atoms with Gasteiger partial charge in [0, 0.05) is 55.4 Å². The number of hydrogen-bond donors (Lipinski definition) is 2. The smallest absolute Gasteiger partial charge is 0.305 e. The van der Waals surface area contributed by atoms with E-state index in [1.807, 2.05) is 36.7 Å². The van der Waals surface area contributed by atoms with Gasteiger partial charge in [0.1, 0.15) is 0 Å². The van der Waals surface area contributed by atoms with Crippen molar-refractivity contribution in [1.29, 1.82) is 0 Å². The lowest BCUT2D eigenvalue weighted by Gasteiger charge is -2.08. The van der Waals surface area contributed by atoms with Crippen LogP contribution in [0.25, 0.3) is 10.9 Å². The Balaban J connectivity index is 1.81. The summed E-state index contributed by atoms with van der Waals surface area (Å²) in [6.45, 7) is 5.11. The summed E-state index contributed by atoms with van der Waals surface area (Å²) in [5.41, 5.74) is 4.44. The van der Waals surface area contributed by atoms with Crippen LogP contribution in [0.3, 0.4) is 0 Å². The van der Waals surface area contributed by atoms with Gasteiger partial charge in [0.2, 0.25) is 5.91 Å². The van der Waals surface area contributed by atoms with Crippen LogP contribution in [0.2, 0.25) is 0 Å². The number of aromatic nitrogens is 2. The van der Waals surface area contributed by atoms with Crippen LogP contribution >= 0.6 is 0 Å². The zero-order valence-electron chi connectivity index (χ0n) is 17.6. The van der Waals surface area contributed by atoms with Crippen molar-refractivity contribution in [2.75, 3.05) is 6.54 Å². The second-order valence-electron chi connectivity index (χ2n) is 8.08. The van der Waals surface area contributed by atoms with Gasteiger partial charge in [-0.15, -0.1) is 0 Å². The van der Waals surface area contributed by atoms with Crippen LogP contribution in [-0.2, 0) is 29.0 Å². The first-order valence-corrected chi connectivity index (χ1v) is 10.4. The summed E-state index contributed by atoms with van der Waals surface area (Å²) in [6.07, 6.45) is 7.78. The molecule has 158 valence electrons. The zero-order chi connectivity index (χ0) is 21.5. The molecule has 0 atom stereocenters. The molecule has 0 aliphatic heterocycles. The average molecular weight is 408 g/mol. The first kappa shape index (κ1) is 21.6. The molecule has 2 heterocycles. The fourth-order valence-corrected chi connectivity index (χ4v) is 3.63. The number of nitrogens with one attached hydrogen (secondary N) is 1. The Kier molecular flexibility index (Phi) is 7.22. The maximum Gasteiger partial charge on any atom is 0.305 e. The lowest BCUT2D eigenvalue weighted by molar-refractivity contribution is -0.137. The van der Waals surface area contributed by atoms with Gasteiger partial charge in [0.25, 0.3) is 0 Å². The maximum absolute atomic E-state index is 11.9. The van der Waals surface area contributed by atoms with Crippen LogP contribution < -0.4 is 5.32 Å². The van der Waals surface area contributed by atoms with Crippen molar-refractivity contribution in [2.24, 2.45) is 5.92 Å². The van der Waals surface area contributed by atoms with Crippen molar-refractivity contribution in [3.05, 3.63) is 65.6 Å². The number of fused-ring (bicyclic) bond motifs is 1. The van der Waals surface area contributed by atoms with E-state index in [0.717, 1.165) is 40.4 Å². The molecule has 0 saturated carbocycles. The Hall–Kier alpha value is -3.15. The molecule has 1 amide bonds. The lowest BCUT2D eigenvalue weighted by Crippen LogP contribution is -2.26. The predicted molar refractivity (Wildman–Crippen MR) is 117 cm³/mol. The molecule has 6 heteroatoms. The number of amides is 1. The summed E-state index contributed by atoms with van der Waals surface area (Å²) in [5.74, 6) is -0.371. The van der Waals surface area contributed by atoms with E-state index in [4.69, 9.17) is 5.11 Å². The number of aliphatic carboxylic acids is 1. The maximum atomic E-state index is 11.9.